The number of halogens is 2. The fourth-order valence-electron chi connectivity index (χ4n) is 1.26. The quantitative estimate of drug-likeness (QED) is 0.832. The Bertz CT molecular complexity index is 309. The van der Waals surface area contributed by atoms with Gasteiger partial charge in [0.15, 0.2) is 11.6 Å². The summed E-state index contributed by atoms with van der Waals surface area (Å²) in [6.07, 6.45) is 0.645. The van der Waals surface area contributed by atoms with E-state index in [1.807, 2.05) is 0 Å². The van der Waals surface area contributed by atoms with Crippen molar-refractivity contribution >= 4 is 12.4 Å². The molecule has 1 rings (SSSR count). The lowest BCUT2D eigenvalue weighted by molar-refractivity contribution is 0.385. The molecule has 4 N–H and O–H groups in total. The van der Waals surface area contributed by atoms with Crippen molar-refractivity contribution < 1.29 is 9.13 Å². The zero-order valence-corrected chi connectivity index (χ0v) is 9.39. The van der Waals surface area contributed by atoms with Crippen LogP contribution in [0.2, 0.25) is 0 Å². The minimum Gasteiger partial charge on any atom is -0.494 e. The first-order valence-electron chi connectivity index (χ1n) is 4.48. The van der Waals surface area contributed by atoms with E-state index in [2.05, 4.69) is 0 Å². The van der Waals surface area contributed by atoms with E-state index in [1.54, 1.807) is 12.1 Å². The maximum atomic E-state index is 13.2. The number of hydrogen-bond acceptors (Lipinski definition) is 3. The van der Waals surface area contributed by atoms with Crippen molar-refractivity contribution in [2.24, 2.45) is 11.5 Å². The summed E-state index contributed by atoms with van der Waals surface area (Å²) in [6, 6.07) is 4.50. The molecule has 86 valence electrons. The third-order valence-electron chi connectivity index (χ3n) is 2.08. The van der Waals surface area contributed by atoms with E-state index in [4.69, 9.17) is 16.2 Å². The standard InChI is InChI=1S/C10H15FN2O.ClH/c1-14-10-3-2-7(6-8(10)11)9(13)4-5-12;/h2-3,6,9H,4-5,12-13H2,1H3;1H/t9-;/m0./s1. The highest BCUT2D eigenvalue weighted by Crippen LogP contribution is 2.21. The van der Waals surface area contributed by atoms with Gasteiger partial charge < -0.3 is 16.2 Å². The van der Waals surface area contributed by atoms with Crippen molar-refractivity contribution in [3.05, 3.63) is 29.6 Å². The summed E-state index contributed by atoms with van der Waals surface area (Å²) in [6.45, 7) is 0.495. The summed E-state index contributed by atoms with van der Waals surface area (Å²) in [5, 5.41) is 0. The smallest absolute Gasteiger partial charge is 0.165 e. The Balaban J connectivity index is 0.00000196. The Hall–Kier alpha value is -0.840. The molecule has 0 aromatic heterocycles. The van der Waals surface area contributed by atoms with E-state index in [-0.39, 0.29) is 24.2 Å². The molecule has 0 spiro atoms. The summed E-state index contributed by atoms with van der Waals surface area (Å²) in [5.74, 6) is -0.161. The van der Waals surface area contributed by atoms with Crippen LogP contribution in [0.4, 0.5) is 4.39 Å². The second-order valence-corrected chi connectivity index (χ2v) is 3.08. The minimum atomic E-state index is -0.391. The van der Waals surface area contributed by atoms with Crippen LogP contribution in [-0.2, 0) is 0 Å². The average molecular weight is 235 g/mol. The van der Waals surface area contributed by atoms with Gasteiger partial charge in [0.25, 0.3) is 0 Å². The monoisotopic (exact) mass is 234 g/mol. The van der Waals surface area contributed by atoms with E-state index in [9.17, 15) is 4.39 Å². The zero-order chi connectivity index (χ0) is 10.6. The maximum absolute atomic E-state index is 13.2. The number of methoxy groups -OCH3 is 1. The van der Waals surface area contributed by atoms with Crippen LogP contribution in [-0.4, -0.2) is 13.7 Å². The fraction of sp³-hybridized carbons (Fsp3) is 0.400. The first-order chi connectivity index (χ1) is 6.69. The lowest BCUT2D eigenvalue weighted by atomic mass is 10.0. The highest BCUT2D eigenvalue weighted by molar-refractivity contribution is 5.85. The van der Waals surface area contributed by atoms with Gasteiger partial charge in [-0.05, 0) is 30.7 Å². The van der Waals surface area contributed by atoms with Gasteiger partial charge in [0.05, 0.1) is 7.11 Å². The molecule has 3 nitrogen and oxygen atoms in total. The first kappa shape index (κ1) is 14.2. The second kappa shape index (κ2) is 6.61. The van der Waals surface area contributed by atoms with Crippen LogP contribution < -0.4 is 16.2 Å². The Morgan fingerprint density at radius 1 is 1.47 bits per heavy atom. The molecule has 15 heavy (non-hydrogen) atoms. The predicted molar refractivity (Wildman–Crippen MR) is 60.8 cm³/mol. The molecule has 0 bridgehead atoms. The third-order valence-corrected chi connectivity index (χ3v) is 2.08. The molecule has 1 aromatic carbocycles. The summed E-state index contributed by atoms with van der Waals surface area (Å²) in [4.78, 5) is 0. The fourth-order valence-corrected chi connectivity index (χ4v) is 1.26. The first-order valence-corrected chi connectivity index (χ1v) is 4.48. The van der Waals surface area contributed by atoms with Gasteiger partial charge in [0, 0.05) is 6.04 Å². The number of nitrogens with two attached hydrogens (primary N) is 2. The summed E-state index contributed by atoms with van der Waals surface area (Å²) >= 11 is 0. The molecule has 1 atom stereocenters. The molecule has 0 aliphatic carbocycles. The molecule has 0 aliphatic heterocycles. The van der Waals surface area contributed by atoms with Crippen molar-refractivity contribution in [1.29, 1.82) is 0 Å². The Kier molecular flexibility index (Phi) is 6.24. The molecule has 0 saturated carbocycles. The van der Waals surface area contributed by atoms with Crippen LogP contribution >= 0.6 is 12.4 Å². The Morgan fingerprint density at radius 2 is 2.13 bits per heavy atom. The van der Waals surface area contributed by atoms with Gasteiger partial charge in [0.1, 0.15) is 0 Å². The normalized spacial score (nSPS) is 11.7. The number of rotatable bonds is 4. The molecular weight excluding hydrogens is 219 g/mol. The Morgan fingerprint density at radius 3 is 2.60 bits per heavy atom. The highest BCUT2D eigenvalue weighted by atomic mass is 35.5. The van der Waals surface area contributed by atoms with Crippen LogP contribution in [0.15, 0.2) is 18.2 Å². The lowest BCUT2D eigenvalue weighted by Gasteiger charge is -2.11. The molecular formula is C10H16ClFN2O. The maximum Gasteiger partial charge on any atom is 0.165 e. The van der Waals surface area contributed by atoms with E-state index >= 15 is 0 Å². The topological polar surface area (TPSA) is 61.3 Å². The highest BCUT2D eigenvalue weighted by Gasteiger charge is 2.08. The van der Waals surface area contributed by atoms with Crippen molar-refractivity contribution in [2.45, 2.75) is 12.5 Å². The Labute approximate surface area is 95.0 Å². The van der Waals surface area contributed by atoms with Crippen molar-refractivity contribution in [1.82, 2.24) is 0 Å². The van der Waals surface area contributed by atoms with Crippen LogP contribution in [0.3, 0.4) is 0 Å². The van der Waals surface area contributed by atoms with Crippen molar-refractivity contribution in [3.8, 4) is 5.75 Å². The zero-order valence-electron chi connectivity index (χ0n) is 8.57. The number of benzene rings is 1. The van der Waals surface area contributed by atoms with E-state index in [0.29, 0.717) is 13.0 Å². The largest absolute Gasteiger partial charge is 0.494 e. The number of hydrogen-bond donors (Lipinski definition) is 2. The molecule has 0 heterocycles. The summed E-state index contributed by atoms with van der Waals surface area (Å²) in [5.41, 5.74) is 11.9. The van der Waals surface area contributed by atoms with Crippen LogP contribution in [0.1, 0.15) is 18.0 Å². The van der Waals surface area contributed by atoms with Gasteiger partial charge >= 0.3 is 0 Å². The van der Waals surface area contributed by atoms with Gasteiger partial charge in [-0.25, -0.2) is 4.39 Å². The van der Waals surface area contributed by atoms with E-state index in [1.165, 1.54) is 13.2 Å². The second-order valence-electron chi connectivity index (χ2n) is 3.08. The SMILES string of the molecule is COc1ccc([C@@H](N)CCN)cc1F.Cl. The van der Waals surface area contributed by atoms with Crippen molar-refractivity contribution in [3.63, 3.8) is 0 Å². The molecule has 0 radical (unpaired) electrons. The van der Waals surface area contributed by atoms with E-state index < -0.39 is 5.82 Å². The van der Waals surface area contributed by atoms with E-state index in [0.717, 1.165) is 5.56 Å². The summed E-state index contributed by atoms with van der Waals surface area (Å²) < 4.78 is 18.0. The lowest BCUT2D eigenvalue weighted by Crippen LogP contribution is -2.15. The van der Waals surface area contributed by atoms with Crippen LogP contribution in [0.25, 0.3) is 0 Å². The molecule has 5 heteroatoms. The predicted octanol–water partition coefficient (Wildman–Crippen LogP) is 1.60. The molecule has 1 aromatic rings. The molecule has 0 fully saturated rings. The third kappa shape index (κ3) is 3.66. The molecule has 0 saturated heterocycles. The van der Waals surface area contributed by atoms with Crippen molar-refractivity contribution in [2.75, 3.05) is 13.7 Å². The number of ether oxygens (including phenoxy) is 1. The summed E-state index contributed by atoms with van der Waals surface area (Å²) in [7, 11) is 1.43. The molecule has 0 aliphatic rings. The molecule has 0 unspecified atom stereocenters. The average Bonchev–Trinajstić information content (AvgIpc) is 2.18. The van der Waals surface area contributed by atoms with Gasteiger partial charge in [0.2, 0.25) is 0 Å². The van der Waals surface area contributed by atoms with Gasteiger partial charge in [-0.15, -0.1) is 12.4 Å². The molecule has 0 amide bonds. The van der Waals surface area contributed by atoms with Gasteiger partial charge in [-0.2, -0.15) is 0 Å². The minimum absolute atomic E-state index is 0. The van der Waals surface area contributed by atoms with Gasteiger partial charge in [-0.1, -0.05) is 6.07 Å². The van der Waals surface area contributed by atoms with Crippen LogP contribution in [0.5, 0.6) is 5.75 Å². The van der Waals surface area contributed by atoms with Gasteiger partial charge in [-0.3, -0.25) is 0 Å². The van der Waals surface area contributed by atoms with Crippen LogP contribution in [0, 0.1) is 5.82 Å².